The SMILES string of the molecule is Cc1ccc2cc1CN1CCN(CC1=O)Cc1cnc(C)n1Cc1ccc(C#N)c(c1)O2. The summed E-state index contributed by atoms with van der Waals surface area (Å²) >= 11 is 0. The molecule has 3 aliphatic rings. The van der Waals surface area contributed by atoms with E-state index in [1.165, 1.54) is 0 Å². The first-order valence-electron chi connectivity index (χ1n) is 10.8. The van der Waals surface area contributed by atoms with Crippen LogP contribution in [0.4, 0.5) is 0 Å². The zero-order valence-electron chi connectivity index (χ0n) is 18.3. The fourth-order valence-corrected chi connectivity index (χ4v) is 4.38. The van der Waals surface area contributed by atoms with Gasteiger partial charge in [0.25, 0.3) is 0 Å². The number of carbonyl (C=O) groups is 1. The number of carbonyl (C=O) groups excluding carboxylic acids is 1. The van der Waals surface area contributed by atoms with Crippen LogP contribution in [0.25, 0.3) is 0 Å². The van der Waals surface area contributed by atoms with E-state index in [1.807, 2.05) is 61.3 Å². The average molecular weight is 428 g/mol. The molecular weight excluding hydrogens is 402 g/mol. The molecule has 1 fully saturated rings. The fourth-order valence-electron chi connectivity index (χ4n) is 4.38. The third kappa shape index (κ3) is 3.85. The number of imidazole rings is 1. The normalized spacial score (nSPS) is 18.1. The molecule has 0 spiro atoms. The zero-order chi connectivity index (χ0) is 22.2. The molecule has 0 radical (unpaired) electrons. The molecule has 2 aromatic carbocycles. The third-order valence-electron chi connectivity index (χ3n) is 6.34. The van der Waals surface area contributed by atoms with Crippen LogP contribution < -0.4 is 4.74 Å². The van der Waals surface area contributed by atoms with E-state index in [-0.39, 0.29) is 5.91 Å². The number of hydrogen-bond donors (Lipinski definition) is 0. The van der Waals surface area contributed by atoms with Gasteiger partial charge in [0, 0.05) is 38.9 Å². The van der Waals surface area contributed by atoms with Crippen molar-refractivity contribution in [1.29, 1.82) is 5.26 Å². The van der Waals surface area contributed by atoms with Gasteiger partial charge in [0.05, 0.1) is 17.8 Å². The lowest BCUT2D eigenvalue weighted by Crippen LogP contribution is -2.49. The summed E-state index contributed by atoms with van der Waals surface area (Å²) in [5.41, 5.74) is 4.76. The Morgan fingerprint density at radius 3 is 2.72 bits per heavy atom. The van der Waals surface area contributed by atoms with E-state index < -0.39 is 0 Å². The molecule has 1 unspecified atom stereocenters. The van der Waals surface area contributed by atoms with E-state index in [0.717, 1.165) is 34.8 Å². The molecule has 0 aliphatic carbocycles. The molecule has 1 saturated heterocycles. The Kier molecular flexibility index (Phi) is 5.16. The van der Waals surface area contributed by atoms with Crippen LogP contribution in [0, 0.1) is 25.2 Å². The first kappa shape index (κ1) is 20.3. The van der Waals surface area contributed by atoms with Gasteiger partial charge >= 0.3 is 0 Å². The highest BCUT2D eigenvalue weighted by Gasteiger charge is 2.26. The summed E-state index contributed by atoms with van der Waals surface area (Å²) in [6, 6.07) is 13.8. The van der Waals surface area contributed by atoms with Gasteiger partial charge < -0.3 is 14.2 Å². The van der Waals surface area contributed by atoms with Gasteiger partial charge in [-0.05, 0) is 54.8 Å². The second-order valence-corrected chi connectivity index (χ2v) is 8.54. The summed E-state index contributed by atoms with van der Waals surface area (Å²) in [4.78, 5) is 21.5. The number of benzene rings is 2. The van der Waals surface area contributed by atoms with Crippen molar-refractivity contribution in [2.45, 2.75) is 33.5 Å². The number of aryl methyl sites for hydroxylation is 2. The molecule has 7 heteroatoms. The number of nitrogens with zero attached hydrogens (tertiary/aromatic N) is 5. The molecule has 32 heavy (non-hydrogen) atoms. The van der Waals surface area contributed by atoms with Crippen LogP contribution in [0.15, 0.2) is 42.6 Å². The Labute approximate surface area is 187 Å². The van der Waals surface area contributed by atoms with Crippen LogP contribution in [0.5, 0.6) is 11.5 Å². The maximum Gasteiger partial charge on any atom is 0.237 e. The lowest BCUT2D eigenvalue weighted by Gasteiger charge is -2.34. The van der Waals surface area contributed by atoms with Gasteiger partial charge in [-0.15, -0.1) is 0 Å². The second-order valence-electron chi connectivity index (χ2n) is 8.54. The molecule has 162 valence electrons. The highest BCUT2D eigenvalue weighted by Crippen LogP contribution is 2.29. The molecule has 1 aromatic heterocycles. The number of amides is 1. The van der Waals surface area contributed by atoms with Gasteiger partial charge in [0.15, 0.2) is 0 Å². The lowest BCUT2D eigenvalue weighted by molar-refractivity contribution is -0.136. The Bertz CT molecular complexity index is 1240. The van der Waals surface area contributed by atoms with Crippen molar-refractivity contribution in [3.8, 4) is 17.6 Å². The van der Waals surface area contributed by atoms with Crippen molar-refractivity contribution in [1.82, 2.24) is 19.4 Å². The number of rotatable bonds is 0. The largest absolute Gasteiger partial charge is 0.456 e. The molecular formula is C25H25N5O2. The van der Waals surface area contributed by atoms with Gasteiger partial charge in [-0.25, -0.2) is 4.98 Å². The number of piperazine rings is 1. The average Bonchev–Trinajstić information content (AvgIpc) is 3.11. The van der Waals surface area contributed by atoms with Crippen LogP contribution in [0.3, 0.4) is 0 Å². The van der Waals surface area contributed by atoms with E-state index in [1.54, 1.807) is 0 Å². The number of hydrogen-bond acceptors (Lipinski definition) is 5. The summed E-state index contributed by atoms with van der Waals surface area (Å²) in [6.07, 6.45) is 1.89. The third-order valence-corrected chi connectivity index (χ3v) is 6.34. The van der Waals surface area contributed by atoms with E-state index in [0.29, 0.717) is 49.8 Å². The summed E-state index contributed by atoms with van der Waals surface area (Å²) in [5.74, 6) is 2.25. The number of aromatic nitrogens is 2. The summed E-state index contributed by atoms with van der Waals surface area (Å²) in [6.45, 7) is 7.80. The predicted molar refractivity (Wildman–Crippen MR) is 119 cm³/mol. The van der Waals surface area contributed by atoms with Crippen molar-refractivity contribution in [3.05, 3.63) is 76.4 Å². The standard InChI is InChI=1S/C25H25N5O2/c1-17-3-6-23-10-21(17)14-29-8-7-28(16-25(29)31)15-22-12-27-18(2)30(22)13-19-4-5-20(11-26)24(9-19)32-23/h3-6,9-10,12H,7-8,13-16H2,1-2H3. The molecule has 4 heterocycles. The van der Waals surface area contributed by atoms with Gasteiger partial charge in [-0.2, -0.15) is 5.26 Å². The molecule has 0 saturated carbocycles. The van der Waals surface area contributed by atoms with Gasteiger partial charge in [-0.1, -0.05) is 12.1 Å². The maximum absolute atomic E-state index is 12.9. The van der Waals surface area contributed by atoms with Crippen molar-refractivity contribution in [2.75, 3.05) is 19.6 Å². The van der Waals surface area contributed by atoms with E-state index in [4.69, 9.17) is 4.74 Å². The van der Waals surface area contributed by atoms with Crippen molar-refractivity contribution < 1.29 is 9.53 Å². The number of fused-ring (bicyclic) bond motifs is 2. The minimum atomic E-state index is 0.133. The van der Waals surface area contributed by atoms with Crippen molar-refractivity contribution in [2.24, 2.45) is 0 Å². The fraction of sp³-hybridized carbons (Fsp3) is 0.320. The highest BCUT2D eigenvalue weighted by molar-refractivity contribution is 5.79. The second kappa shape index (κ2) is 8.13. The maximum atomic E-state index is 12.9. The van der Waals surface area contributed by atoms with Crippen LogP contribution in [-0.2, 0) is 24.4 Å². The molecule has 6 rings (SSSR count). The first-order chi connectivity index (χ1) is 15.5. The monoisotopic (exact) mass is 427 g/mol. The van der Waals surface area contributed by atoms with E-state index >= 15 is 0 Å². The Morgan fingerprint density at radius 2 is 1.91 bits per heavy atom. The Morgan fingerprint density at radius 1 is 1.03 bits per heavy atom. The van der Waals surface area contributed by atoms with Crippen LogP contribution >= 0.6 is 0 Å². The zero-order valence-corrected chi connectivity index (χ0v) is 18.3. The van der Waals surface area contributed by atoms with Gasteiger partial charge in [0.1, 0.15) is 23.4 Å². The van der Waals surface area contributed by atoms with Gasteiger partial charge in [0.2, 0.25) is 5.91 Å². The smallest absolute Gasteiger partial charge is 0.237 e. The van der Waals surface area contributed by atoms with Crippen LogP contribution in [0.1, 0.15) is 33.8 Å². The molecule has 0 N–H and O–H groups in total. The number of nitriles is 1. The Balaban J connectivity index is 1.61. The topological polar surface area (TPSA) is 74.4 Å². The van der Waals surface area contributed by atoms with Crippen LogP contribution in [0.2, 0.25) is 0 Å². The molecule has 7 nitrogen and oxygen atoms in total. The summed E-state index contributed by atoms with van der Waals surface area (Å²) < 4.78 is 8.35. The first-order valence-corrected chi connectivity index (χ1v) is 10.8. The quantitative estimate of drug-likeness (QED) is 0.550. The van der Waals surface area contributed by atoms with Crippen molar-refractivity contribution in [3.63, 3.8) is 0 Å². The predicted octanol–water partition coefficient (Wildman–Crippen LogP) is 3.37. The molecule has 6 bridgehead atoms. The summed E-state index contributed by atoms with van der Waals surface area (Å²) in [7, 11) is 0. The van der Waals surface area contributed by atoms with Crippen molar-refractivity contribution >= 4 is 5.91 Å². The number of ether oxygens (including phenoxy) is 1. The molecule has 3 aromatic rings. The molecule has 1 atom stereocenters. The van der Waals surface area contributed by atoms with E-state index in [9.17, 15) is 10.1 Å². The van der Waals surface area contributed by atoms with Crippen LogP contribution in [-0.4, -0.2) is 44.9 Å². The minimum Gasteiger partial charge on any atom is -0.456 e. The van der Waals surface area contributed by atoms with Gasteiger partial charge in [-0.3, -0.25) is 9.69 Å². The highest BCUT2D eigenvalue weighted by atomic mass is 16.5. The Hall–Kier alpha value is -3.63. The van der Waals surface area contributed by atoms with E-state index in [2.05, 4.69) is 20.5 Å². The summed E-state index contributed by atoms with van der Waals surface area (Å²) in [5, 5.41) is 9.60. The molecule has 1 amide bonds. The lowest BCUT2D eigenvalue weighted by atomic mass is 10.1. The molecule has 3 aliphatic heterocycles. The minimum absolute atomic E-state index is 0.133.